The summed E-state index contributed by atoms with van der Waals surface area (Å²) in [5, 5.41) is 0. The Bertz CT molecular complexity index is 555. The number of aromatic nitrogens is 2. The number of halogens is 1. The van der Waals surface area contributed by atoms with E-state index < -0.39 is 0 Å². The Hall–Kier alpha value is -0.870. The fourth-order valence-electron chi connectivity index (χ4n) is 2.19. The van der Waals surface area contributed by atoms with Crippen LogP contribution in [0, 0.1) is 6.92 Å². The number of aryl methyl sites for hydroxylation is 1. The largest absolute Gasteiger partial charge is 0.341 e. The summed E-state index contributed by atoms with van der Waals surface area (Å²) < 4.78 is 1.09. The number of imidazole rings is 1. The van der Waals surface area contributed by atoms with Crippen LogP contribution in [0.15, 0.2) is 16.6 Å². The summed E-state index contributed by atoms with van der Waals surface area (Å²) in [6.45, 7) is 2.77. The van der Waals surface area contributed by atoms with Gasteiger partial charge in [0, 0.05) is 16.4 Å². The van der Waals surface area contributed by atoms with E-state index in [2.05, 4.69) is 40.0 Å². The summed E-state index contributed by atoms with van der Waals surface area (Å²) >= 11 is 3.50. The third-order valence-electron chi connectivity index (χ3n) is 3.49. The zero-order valence-corrected chi connectivity index (χ0v) is 10.8. The minimum atomic E-state index is 0.137. The van der Waals surface area contributed by atoms with E-state index in [0.29, 0.717) is 6.54 Å². The Morgan fingerprint density at radius 2 is 2.25 bits per heavy atom. The topological polar surface area (TPSA) is 54.7 Å². The van der Waals surface area contributed by atoms with Crippen molar-refractivity contribution in [2.75, 3.05) is 6.54 Å². The molecule has 4 heteroatoms. The van der Waals surface area contributed by atoms with Gasteiger partial charge in [-0.1, -0.05) is 15.9 Å². The Morgan fingerprint density at radius 3 is 2.88 bits per heavy atom. The maximum Gasteiger partial charge on any atom is 0.114 e. The van der Waals surface area contributed by atoms with Crippen molar-refractivity contribution in [1.29, 1.82) is 0 Å². The van der Waals surface area contributed by atoms with Crippen LogP contribution in [0.2, 0.25) is 0 Å². The fourth-order valence-corrected chi connectivity index (χ4v) is 2.76. The van der Waals surface area contributed by atoms with Crippen LogP contribution in [0.3, 0.4) is 0 Å². The number of rotatable bonds is 2. The molecule has 0 aliphatic heterocycles. The van der Waals surface area contributed by atoms with Gasteiger partial charge in [-0.3, -0.25) is 0 Å². The maximum atomic E-state index is 5.82. The molecule has 1 aromatic carbocycles. The molecular formula is C12H14BrN3. The van der Waals surface area contributed by atoms with Crippen LogP contribution in [0.5, 0.6) is 0 Å². The van der Waals surface area contributed by atoms with Crippen LogP contribution in [0.25, 0.3) is 11.0 Å². The number of hydrogen-bond acceptors (Lipinski definition) is 2. The number of hydrogen-bond donors (Lipinski definition) is 2. The van der Waals surface area contributed by atoms with Crippen LogP contribution < -0.4 is 5.73 Å². The van der Waals surface area contributed by atoms with Crippen molar-refractivity contribution in [3.05, 3.63) is 28.0 Å². The quantitative estimate of drug-likeness (QED) is 0.888. The molecule has 3 nitrogen and oxygen atoms in total. The minimum Gasteiger partial charge on any atom is -0.341 e. The second-order valence-electron chi connectivity index (χ2n) is 4.69. The molecular weight excluding hydrogens is 266 g/mol. The molecule has 0 spiro atoms. The minimum absolute atomic E-state index is 0.137. The number of aromatic amines is 1. The number of H-pyrrole nitrogens is 1. The lowest BCUT2D eigenvalue weighted by Gasteiger charge is -2.06. The summed E-state index contributed by atoms with van der Waals surface area (Å²) in [6.07, 6.45) is 2.31. The van der Waals surface area contributed by atoms with Gasteiger partial charge in [0.05, 0.1) is 11.0 Å². The molecule has 1 aliphatic rings. The van der Waals surface area contributed by atoms with E-state index in [-0.39, 0.29) is 5.41 Å². The molecule has 0 amide bonds. The molecule has 0 bridgehead atoms. The van der Waals surface area contributed by atoms with E-state index in [1.165, 1.54) is 5.56 Å². The first-order valence-corrected chi connectivity index (χ1v) is 6.30. The molecule has 2 aromatic rings. The molecule has 1 heterocycles. The normalized spacial score (nSPS) is 17.9. The summed E-state index contributed by atoms with van der Waals surface area (Å²) in [5.41, 5.74) is 9.32. The molecule has 16 heavy (non-hydrogen) atoms. The Morgan fingerprint density at radius 1 is 1.50 bits per heavy atom. The van der Waals surface area contributed by atoms with E-state index >= 15 is 0 Å². The first-order valence-electron chi connectivity index (χ1n) is 5.51. The van der Waals surface area contributed by atoms with Crippen LogP contribution in [0.4, 0.5) is 0 Å². The predicted octanol–water partition coefficient (Wildman–Crippen LogP) is 2.62. The molecule has 84 valence electrons. The summed E-state index contributed by atoms with van der Waals surface area (Å²) in [6, 6.07) is 4.17. The molecule has 3 rings (SSSR count). The van der Waals surface area contributed by atoms with Crippen LogP contribution in [-0.4, -0.2) is 16.5 Å². The van der Waals surface area contributed by atoms with Crippen molar-refractivity contribution in [2.24, 2.45) is 5.73 Å². The van der Waals surface area contributed by atoms with Crippen LogP contribution in [-0.2, 0) is 5.41 Å². The van der Waals surface area contributed by atoms with Gasteiger partial charge in [0.15, 0.2) is 0 Å². The first-order chi connectivity index (χ1) is 7.64. The zero-order chi connectivity index (χ0) is 11.3. The smallest absolute Gasteiger partial charge is 0.114 e. The van der Waals surface area contributed by atoms with Gasteiger partial charge in [0.2, 0.25) is 0 Å². The summed E-state index contributed by atoms with van der Waals surface area (Å²) in [5.74, 6) is 1.06. The van der Waals surface area contributed by atoms with E-state index in [1.54, 1.807) is 0 Å². The number of nitrogens with one attached hydrogen (secondary N) is 1. The van der Waals surface area contributed by atoms with Crippen molar-refractivity contribution in [1.82, 2.24) is 9.97 Å². The van der Waals surface area contributed by atoms with Crippen molar-refractivity contribution in [3.63, 3.8) is 0 Å². The van der Waals surface area contributed by atoms with Crippen molar-refractivity contribution < 1.29 is 0 Å². The van der Waals surface area contributed by atoms with Crippen molar-refractivity contribution in [2.45, 2.75) is 25.2 Å². The van der Waals surface area contributed by atoms with E-state index in [9.17, 15) is 0 Å². The van der Waals surface area contributed by atoms with Gasteiger partial charge in [-0.25, -0.2) is 4.98 Å². The molecule has 1 aromatic heterocycles. The number of nitrogens with zero attached hydrogens (tertiary/aromatic N) is 1. The van der Waals surface area contributed by atoms with Crippen LogP contribution in [0.1, 0.15) is 24.2 Å². The lowest BCUT2D eigenvalue weighted by atomic mass is 10.1. The lowest BCUT2D eigenvalue weighted by Crippen LogP contribution is -2.21. The van der Waals surface area contributed by atoms with E-state index in [0.717, 1.165) is 34.2 Å². The standard InChI is InChI=1S/C12H14BrN3/c1-7-4-8(13)5-9-10(7)16-11(15-9)12(6-14)2-3-12/h4-5H,2-3,6,14H2,1H3,(H,15,16). The van der Waals surface area contributed by atoms with Gasteiger partial charge in [0.25, 0.3) is 0 Å². The highest BCUT2D eigenvalue weighted by atomic mass is 79.9. The van der Waals surface area contributed by atoms with Gasteiger partial charge < -0.3 is 10.7 Å². The predicted molar refractivity (Wildman–Crippen MR) is 68.5 cm³/mol. The fraction of sp³-hybridized carbons (Fsp3) is 0.417. The maximum absolute atomic E-state index is 5.82. The lowest BCUT2D eigenvalue weighted by molar-refractivity contribution is 0.662. The van der Waals surface area contributed by atoms with Gasteiger partial charge in [0.1, 0.15) is 5.82 Å². The highest BCUT2D eigenvalue weighted by molar-refractivity contribution is 9.10. The highest BCUT2D eigenvalue weighted by Gasteiger charge is 2.45. The highest BCUT2D eigenvalue weighted by Crippen LogP contribution is 2.46. The monoisotopic (exact) mass is 279 g/mol. The van der Waals surface area contributed by atoms with Gasteiger partial charge in [-0.15, -0.1) is 0 Å². The third-order valence-corrected chi connectivity index (χ3v) is 3.95. The molecule has 0 saturated heterocycles. The average molecular weight is 280 g/mol. The average Bonchev–Trinajstić information content (AvgIpc) is 2.93. The second-order valence-corrected chi connectivity index (χ2v) is 5.60. The molecule has 1 aliphatic carbocycles. The van der Waals surface area contributed by atoms with Crippen molar-refractivity contribution in [3.8, 4) is 0 Å². The molecule has 1 fully saturated rings. The zero-order valence-electron chi connectivity index (χ0n) is 9.18. The van der Waals surface area contributed by atoms with Gasteiger partial charge >= 0.3 is 0 Å². The van der Waals surface area contributed by atoms with Gasteiger partial charge in [-0.2, -0.15) is 0 Å². The van der Waals surface area contributed by atoms with E-state index in [1.807, 2.05) is 0 Å². The molecule has 1 saturated carbocycles. The number of benzene rings is 1. The molecule has 0 atom stereocenters. The number of nitrogens with two attached hydrogens (primary N) is 1. The van der Waals surface area contributed by atoms with Crippen LogP contribution >= 0.6 is 15.9 Å². The first kappa shape index (κ1) is 10.3. The molecule has 0 unspecified atom stereocenters. The Kier molecular flexibility index (Phi) is 2.13. The molecule has 3 N–H and O–H groups in total. The summed E-state index contributed by atoms with van der Waals surface area (Å²) in [4.78, 5) is 8.11. The SMILES string of the molecule is Cc1cc(Br)cc2[nH]c(C3(CN)CC3)nc12. The van der Waals surface area contributed by atoms with Crippen molar-refractivity contribution >= 4 is 27.0 Å². The number of fused-ring (bicyclic) bond motifs is 1. The third kappa shape index (κ3) is 1.40. The van der Waals surface area contributed by atoms with E-state index in [4.69, 9.17) is 10.7 Å². The molecule has 0 radical (unpaired) electrons. The Balaban J connectivity index is 2.20. The van der Waals surface area contributed by atoms with Gasteiger partial charge in [-0.05, 0) is 37.5 Å². The summed E-state index contributed by atoms with van der Waals surface area (Å²) in [7, 11) is 0. The Labute approximate surface area is 103 Å². The second kappa shape index (κ2) is 3.31.